The van der Waals surface area contributed by atoms with Gasteiger partial charge in [-0.3, -0.25) is 5.32 Å². The number of halogens is 2. The Morgan fingerprint density at radius 2 is 1.81 bits per heavy atom. The van der Waals surface area contributed by atoms with Gasteiger partial charge in [-0.15, -0.1) is 21.8 Å². The van der Waals surface area contributed by atoms with E-state index in [2.05, 4.69) is 31.4 Å². The number of methoxy groups -OCH3 is 1. The van der Waals surface area contributed by atoms with Crippen molar-refractivity contribution in [3.63, 3.8) is 0 Å². The van der Waals surface area contributed by atoms with Crippen molar-refractivity contribution in [2.75, 3.05) is 13.0 Å². The van der Waals surface area contributed by atoms with Gasteiger partial charge in [-0.05, 0) is 48.9 Å². The first-order valence-electron chi connectivity index (χ1n) is 8.08. The summed E-state index contributed by atoms with van der Waals surface area (Å²) in [4.78, 5) is 0. The number of hydrogen-bond acceptors (Lipinski definition) is 5. The Morgan fingerprint density at radius 1 is 1.12 bits per heavy atom. The Hall–Kier alpha value is -1.89. The van der Waals surface area contributed by atoms with E-state index in [0.717, 1.165) is 21.3 Å². The molecule has 1 atom stereocenters. The fraction of sp³-hybridized carbons (Fsp3) is 0.263. The summed E-state index contributed by atoms with van der Waals surface area (Å²) < 4.78 is 12.1. The second-order valence-electron chi connectivity index (χ2n) is 6.09. The fourth-order valence-electron chi connectivity index (χ4n) is 2.38. The molecule has 0 spiro atoms. The van der Waals surface area contributed by atoms with Crippen molar-refractivity contribution < 1.29 is 9.15 Å². The molecule has 0 saturated carbocycles. The van der Waals surface area contributed by atoms with Gasteiger partial charge in [0, 0.05) is 22.5 Å². The minimum absolute atomic E-state index is 0.297. The lowest BCUT2D eigenvalue weighted by atomic mass is 10.0. The van der Waals surface area contributed by atoms with Crippen molar-refractivity contribution in [1.82, 2.24) is 15.5 Å². The molecule has 0 aliphatic rings. The predicted molar refractivity (Wildman–Crippen MR) is 105 cm³/mol. The van der Waals surface area contributed by atoms with Crippen molar-refractivity contribution in [2.45, 2.75) is 19.0 Å². The van der Waals surface area contributed by atoms with Gasteiger partial charge in [0.15, 0.2) is 0 Å². The average Bonchev–Trinajstić information content (AvgIpc) is 3.18. The van der Waals surface area contributed by atoms with Crippen LogP contribution in [0.5, 0.6) is 5.75 Å². The van der Waals surface area contributed by atoms with E-state index in [1.807, 2.05) is 55.5 Å². The Balaban J connectivity index is 1.75. The van der Waals surface area contributed by atoms with Crippen LogP contribution in [-0.4, -0.2) is 23.2 Å². The van der Waals surface area contributed by atoms with Gasteiger partial charge >= 0.3 is 0 Å². The Labute approximate surface area is 165 Å². The summed E-state index contributed by atoms with van der Waals surface area (Å²) in [5, 5.41) is 11.8. The summed E-state index contributed by atoms with van der Waals surface area (Å²) in [5.74, 6) is 2.05. The molecule has 0 saturated heterocycles. The van der Waals surface area contributed by atoms with E-state index in [4.69, 9.17) is 20.8 Å². The van der Waals surface area contributed by atoms with Crippen molar-refractivity contribution >= 4 is 27.5 Å². The molecule has 2 aromatic carbocycles. The molecule has 1 aromatic heterocycles. The largest absolute Gasteiger partial charge is 0.497 e. The van der Waals surface area contributed by atoms with Gasteiger partial charge in [0.2, 0.25) is 11.8 Å². The minimum Gasteiger partial charge on any atom is -0.497 e. The van der Waals surface area contributed by atoms with Crippen LogP contribution in [0.3, 0.4) is 0 Å². The molecule has 136 valence electrons. The Morgan fingerprint density at radius 3 is 2.42 bits per heavy atom. The number of nitrogens with zero attached hydrogens (tertiary/aromatic N) is 2. The van der Waals surface area contributed by atoms with Gasteiger partial charge in [-0.25, -0.2) is 0 Å². The second-order valence-corrected chi connectivity index (χ2v) is 7.27. The molecule has 0 aliphatic carbocycles. The van der Waals surface area contributed by atoms with E-state index in [-0.39, 0.29) is 0 Å². The molecule has 5 nitrogen and oxygen atoms in total. The van der Waals surface area contributed by atoms with Crippen LogP contribution in [0.1, 0.15) is 18.4 Å². The van der Waals surface area contributed by atoms with Crippen molar-refractivity contribution in [3.05, 3.63) is 64.5 Å². The lowest BCUT2D eigenvalue weighted by Gasteiger charge is -2.24. The summed E-state index contributed by atoms with van der Waals surface area (Å²) in [7, 11) is 1.65. The van der Waals surface area contributed by atoms with Gasteiger partial charge < -0.3 is 9.15 Å². The number of ether oxygens (including phenoxy) is 1. The third kappa shape index (κ3) is 4.26. The van der Waals surface area contributed by atoms with Gasteiger partial charge in [0.25, 0.3) is 0 Å². The van der Waals surface area contributed by atoms with Crippen LogP contribution in [0.2, 0.25) is 0 Å². The first-order chi connectivity index (χ1) is 12.5. The van der Waals surface area contributed by atoms with Crippen molar-refractivity contribution in [2.24, 2.45) is 0 Å². The molecule has 1 unspecified atom stereocenters. The maximum absolute atomic E-state index is 6.22. The van der Waals surface area contributed by atoms with Gasteiger partial charge in [0.1, 0.15) is 11.3 Å². The van der Waals surface area contributed by atoms with Gasteiger partial charge in [-0.2, -0.15) is 0 Å². The van der Waals surface area contributed by atoms with Crippen LogP contribution in [-0.2, 0) is 12.1 Å². The molecule has 26 heavy (non-hydrogen) atoms. The molecule has 3 rings (SSSR count). The van der Waals surface area contributed by atoms with Crippen LogP contribution < -0.4 is 10.1 Å². The number of nitrogens with one attached hydrogen (secondary N) is 1. The van der Waals surface area contributed by atoms with Gasteiger partial charge in [0.05, 0.1) is 7.11 Å². The molecule has 7 heteroatoms. The molecule has 0 amide bonds. The number of rotatable bonds is 7. The average molecular weight is 437 g/mol. The van der Waals surface area contributed by atoms with E-state index in [1.165, 1.54) is 0 Å². The van der Waals surface area contributed by atoms with E-state index in [9.17, 15) is 0 Å². The van der Waals surface area contributed by atoms with Gasteiger partial charge in [-0.1, -0.05) is 28.1 Å². The van der Waals surface area contributed by atoms with Crippen molar-refractivity contribution in [1.29, 1.82) is 0 Å². The monoisotopic (exact) mass is 435 g/mol. The summed E-state index contributed by atoms with van der Waals surface area (Å²) >= 11 is 9.63. The molecular weight excluding hydrogens is 418 g/mol. The van der Waals surface area contributed by atoms with Crippen LogP contribution in [0.25, 0.3) is 11.5 Å². The van der Waals surface area contributed by atoms with Crippen molar-refractivity contribution in [3.8, 4) is 17.2 Å². The predicted octanol–water partition coefficient (Wildman–Crippen LogP) is 4.75. The lowest BCUT2D eigenvalue weighted by Crippen LogP contribution is -2.41. The van der Waals surface area contributed by atoms with E-state index in [1.54, 1.807) is 7.11 Å². The number of alkyl halides is 1. The van der Waals surface area contributed by atoms with Crippen LogP contribution in [0.4, 0.5) is 0 Å². The topological polar surface area (TPSA) is 60.2 Å². The Kier molecular flexibility index (Phi) is 5.96. The lowest BCUT2D eigenvalue weighted by molar-refractivity contribution is 0.312. The smallest absolute Gasteiger partial charge is 0.247 e. The van der Waals surface area contributed by atoms with Crippen LogP contribution in [0.15, 0.2) is 57.4 Å². The summed E-state index contributed by atoms with van der Waals surface area (Å²) in [6, 6.07) is 15.6. The summed E-state index contributed by atoms with van der Waals surface area (Å²) in [5.41, 5.74) is 1.33. The van der Waals surface area contributed by atoms with Crippen LogP contribution in [0, 0.1) is 0 Å². The molecule has 3 aromatic rings. The number of aromatic nitrogens is 2. The van der Waals surface area contributed by atoms with E-state index >= 15 is 0 Å². The third-order valence-corrected chi connectivity index (χ3v) is 5.16. The summed E-state index contributed by atoms with van der Waals surface area (Å²) in [6.07, 6.45) is 0. The highest BCUT2D eigenvalue weighted by atomic mass is 79.9. The normalized spacial score (nSPS) is 13.4. The second kappa shape index (κ2) is 8.20. The molecular formula is C19H19BrClN3O2. The molecule has 1 N–H and O–H groups in total. The maximum atomic E-state index is 6.22. The zero-order valence-electron chi connectivity index (χ0n) is 14.5. The van der Waals surface area contributed by atoms with E-state index in [0.29, 0.717) is 24.2 Å². The highest BCUT2D eigenvalue weighted by Crippen LogP contribution is 2.27. The highest BCUT2D eigenvalue weighted by Gasteiger charge is 2.31. The standard InChI is InChI=1S/C19H19BrClN3O2/c1-19(12-21,22-11-13-3-9-16(25-2)10-4-13)18-24-23-17(26-18)14-5-7-15(20)8-6-14/h3-10,22H,11-12H2,1-2H3. The Bertz CT molecular complexity index is 852. The van der Waals surface area contributed by atoms with Crippen LogP contribution >= 0.6 is 27.5 Å². The SMILES string of the molecule is COc1ccc(CNC(C)(CCl)c2nnc(-c3ccc(Br)cc3)o2)cc1. The molecule has 0 radical (unpaired) electrons. The molecule has 0 aliphatic heterocycles. The zero-order chi connectivity index (χ0) is 18.6. The molecule has 1 heterocycles. The summed E-state index contributed by atoms with van der Waals surface area (Å²) in [6.45, 7) is 2.56. The zero-order valence-corrected chi connectivity index (χ0v) is 16.8. The minimum atomic E-state index is -0.637. The molecule has 0 fully saturated rings. The number of benzene rings is 2. The quantitative estimate of drug-likeness (QED) is 0.542. The third-order valence-electron chi connectivity index (χ3n) is 4.10. The highest BCUT2D eigenvalue weighted by molar-refractivity contribution is 9.10. The number of hydrogen-bond donors (Lipinski definition) is 1. The maximum Gasteiger partial charge on any atom is 0.247 e. The fourth-order valence-corrected chi connectivity index (χ4v) is 2.85. The first kappa shape index (κ1) is 18.9. The first-order valence-corrected chi connectivity index (χ1v) is 9.40. The van der Waals surface area contributed by atoms with E-state index < -0.39 is 5.54 Å². The molecule has 0 bridgehead atoms.